The number of esters is 1. The Balaban J connectivity index is 0.000000166. The number of carbonyl (C=O) groups excluding carboxylic acids is 1. The van der Waals surface area contributed by atoms with Crippen molar-refractivity contribution in [2.45, 2.75) is 135 Å². The van der Waals surface area contributed by atoms with Crippen LogP contribution in [0.3, 0.4) is 0 Å². The Labute approximate surface area is 388 Å². The van der Waals surface area contributed by atoms with Crippen LogP contribution < -0.4 is 9.47 Å². The molecule has 0 radical (unpaired) electrons. The van der Waals surface area contributed by atoms with E-state index >= 15 is 0 Å². The van der Waals surface area contributed by atoms with Gasteiger partial charge in [-0.05, 0) is 205 Å². The van der Waals surface area contributed by atoms with Crippen LogP contribution in [0.15, 0.2) is 85.2 Å². The van der Waals surface area contributed by atoms with Gasteiger partial charge in [0.15, 0.2) is 12.2 Å². The Bertz CT molecular complexity index is 2790. The van der Waals surface area contributed by atoms with Crippen molar-refractivity contribution in [2.24, 2.45) is 0 Å². The maximum Gasteiger partial charge on any atom is 0.340 e. The molecule has 2 fully saturated rings. The Morgan fingerprint density at radius 3 is 1.55 bits per heavy atom. The summed E-state index contributed by atoms with van der Waals surface area (Å²) in [7, 11) is 0. The standard InChI is InChI=1S/C29H33NO4.C27H29NO4/c1-5-32-28(31)27(34-29(2,3)4)26-21-9-6-14-30-23(21)17-22(18-10-11-18)25(26)20-12-13-24-19(16-20)8-7-15-33-24;1-27(2,3)32-25(26(29)30)24-19-7-4-12-28-21(19)15-20(16-8-9-16)23(24)18-10-11-22-17(14-18)6-5-13-31-22/h6,9,12-14,16-18,27H,5,7-8,10-11,15H2,1-4H3;4,7,10-12,14-16,25H,5-6,8-9,13H2,1-3H3,(H,29,30). The number of aryl methyl sites for hydroxylation is 2. The van der Waals surface area contributed by atoms with Crippen molar-refractivity contribution in [3.8, 4) is 33.8 Å². The number of hydrogen-bond donors (Lipinski definition) is 1. The molecule has 4 heterocycles. The number of hydrogen-bond acceptors (Lipinski definition) is 9. The fourth-order valence-electron chi connectivity index (χ4n) is 9.58. The zero-order valence-electron chi connectivity index (χ0n) is 39.4. The highest BCUT2D eigenvalue weighted by molar-refractivity contribution is 5.98. The highest BCUT2D eigenvalue weighted by Gasteiger charge is 2.38. The van der Waals surface area contributed by atoms with Crippen molar-refractivity contribution in [2.75, 3.05) is 19.8 Å². The minimum atomic E-state index is -1.09. The Hall–Kier alpha value is -5.84. The van der Waals surface area contributed by atoms with Crippen molar-refractivity contribution in [3.63, 3.8) is 0 Å². The maximum absolute atomic E-state index is 13.4. The first kappa shape index (κ1) is 45.3. The van der Waals surface area contributed by atoms with E-state index in [0.717, 1.165) is 126 Å². The molecular formula is C56H62N2O8. The number of benzene rings is 4. The monoisotopic (exact) mass is 890 g/mol. The molecule has 66 heavy (non-hydrogen) atoms. The average Bonchev–Trinajstić information content (AvgIpc) is 4.24. The molecule has 2 aromatic heterocycles. The van der Waals surface area contributed by atoms with E-state index in [2.05, 4.69) is 52.4 Å². The minimum absolute atomic E-state index is 0.298. The lowest BCUT2D eigenvalue weighted by Crippen LogP contribution is -2.29. The summed E-state index contributed by atoms with van der Waals surface area (Å²) in [4.78, 5) is 35.2. The molecule has 2 aliphatic heterocycles. The molecule has 10 heteroatoms. The maximum atomic E-state index is 13.4. The van der Waals surface area contributed by atoms with Gasteiger partial charge in [0.05, 0.1) is 42.1 Å². The summed E-state index contributed by atoms with van der Waals surface area (Å²) in [5.41, 5.74) is 11.1. The SMILES string of the molecule is CC(C)(C)OC(C(=O)O)c1c(-c2ccc3c(c2)CCCO3)c(C2CC2)cc2ncccc12.CCOC(=O)C(OC(C)(C)C)c1c(-c2ccc3c(c2)CCCO3)c(C2CC2)cc2ncccc12. The van der Waals surface area contributed by atoms with E-state index in [1.807, 2.05) is 85.0 Å². The molecule has 2 atom stereocenters. The Morgan fingerprint density at radius 1 is 0.667 bits per heavy atom. The zero-order valence-corrected chi connectivity index (χ0v) is 39.4. The third-order valence-electron chi connectivity index (χ3n) is 12.6. The highest BCUT2D eigenvalue weighted by Crippen LogP contribution is 2.52. The fraction of sp³-hybridized carbons (Fsp3) is 0.429. The summed E-state index contributed by atoms with van der Waals surface area (Å²) < 4.78 is 29.9. The second-order valence-corrected chi connectivity index (χ2v) is 20.1. The van der Waals surface area contributed by atoms with Gasteiger partial charge in [0.2, 0.25) is 0 Å². The molecule has 4 aliphatic rings. The summed E-state index contributed by atoms with van der Waals surface area (Å²) in [6, 6.07) is 24.8. The quantitative estimate of drug-likeness (QED) is 0.126. The van der Waals surface area contributed by atoms with Crippen LogP contribution in [0.25, 0.3) is 44.1 Å². The molecule has 0 saturated heterocycles. The first-order valence-electron chi connectivity index (χ1n) is 23.8. The van der Waals surface area contributed by atoms with Crippen LogP contribution in [0.2, 0.25) is 0 Å². The van der Waals surface area contributed by atoms with Crippen molar-refractivity contribution < 1.29 is 38.4 Å². The van der Waals surface area contributed by atoms with Crippen LogP contribution in [-0.4, -0.2) is 58.0 Å². The molecule has 0 amide bonds. The first-order valence-corrected chi connectivity index (χ1v) is 23.8. The van der Waals surface area contributed by atoms with Gasteiger partial charge in [-0.15, -0.1) is 0 Å². The van der Waals surface area contributed by atoms with E-state index in [1.165, 1.54) is 22.3 Å². The molecule has 4 aromatic carbocycles. The number of aliphatic carboxylic acids is 1. The van der Waals surface area contributed by atoms with Gasteiger partial charge in [0, 0.05) is 34.3 Å². The molecular weight excluding hydrogens is 829 g/mol. The van der Waals surface area contributed by atoms with Gasteiger partial charge in [-0.1, -0.05) is 24.3 Å². The molecule has 6 aromatic rings. The van der Waals surface area contributed by atoms with Crippen LogP contribution >= 0.6 is 0 Å². The predicted octanol–water partition coefficient (Wildman–Crippen LogP) is 12.6. The number of carboxylic acid groups (broad SMARTS) is 1. The van der Waals surface area contributed by atoms with Crippen LogP contribution in [0.4, 0.5) is 0 Å². The number of aromatic nitrogens is 2. The van der Waals surface area contributed by atoms with Gasteiger partial charge in [0.1, 0.15) is 11.5 Å². The zero-order chi connectivity index (χ0) is 46.3. The lowest BCUT2D eigenvalue weighted by Gasteiger charge is -2.30. The predicted molar refractivity (Wildman–Crippen MR) is 257 cm³/mol. The number of rotatable bonds is 11. The summed E-state index contributed by atoms with van der Waals surface area (Å²) in [6.45, 7) is 15.2. The van der Waals surface area contributed by atoms with Gasteiger partial charge in [-0.25, -0.2) is 9.59 Å². The third-order valence-corrected chi connectivity index (χ3v) is 12.6. The molecule has 2 aliphatic carbocycles. The topological polar surface area (TPSA) is 126 Å². The smallest absolute Gasteiger partial charge is 0.340 e. The molecule has 2 saturated carbocycles. The molecule has 1 N–H and O–H groups in total. The van der Waals surface area contributed by atoms with Gasteiger partial charge < -0.3 is 28.8 Å². The molecule has 10 rings (SSSR count). The second-order valence-electron chi connectivity index (χ2n) is 20.1. The third kappa shape index (κ3) is 9.81. The molecule has 0 bridgehead atoms. The van der Waals surface area contributed by atoms with Crippen molar-refractivity contribution in [3.05, 3.63) is 119 Å². The number of ether oxygens (including phenoxy) is 5. The van der Waals surface area contributed by atoms with Gasteiger partial charge in [-0.3, -0.25) is 9.97 Å². The van der Waals surface area contributed by atoms with Crippen LogP contribution in [-0.2, 0) is 36.6 Å². The largest absolute Gasteiger partial charge is 0.493 e. The van der Waals surface area contributed by atoms with E-state index < -0.39 is 29.4 Å². The number of fused-ring (bicyclic) bond motifs is 4. The lowest BCUT2D eigenvalue weighted by atomic mass is 9.85. The van der Waals surface area contributed by atoms with Crippen LogP contribution in [0.5, 0.6) is 11.5 Å². The van der Waals surface area contributed by atoms with Crippen molar-refractivity contribution in [1.29, 1.82) is 0 Å². The highest BCUT2D eigenvalue weighted by atomic mass is 16.6. The van der Waals surface area contributed by atoms with E-state index in [-0.39, 0.29) is 5.97 Å². The van der Waals surface area contributed by atoms with Gasteiger partial charge in [-0.2, -0.15) is 0 Å². The number of carbonyl (C=O) groups is 2. The summed E-state index contributed by atoms with van der Waals surface area (Å²) in [5, 5.41) is 12.1. The van der Waals surface area contributed by atoms with Crippen LogP contribution in [0.1, 0.15) is 144 Å². The van der Waals surface area contributed by atoms with E-state index in [4.69, 9.17) is 23.7 Å². The summed E-state index contributed by atoms with van der Waals surface area (Å²) in [5.74, 6) is 1.42. The van der Waals surface area contributed by atoms with Crippen LogP contribution in [0, 0.1) is 0 Å². The first-order chi connectivity index (χ1) is 31.7. The molecule has 10 nitrogen and oxygen atoms in total. The molecule has 2 unspecified atom stereocenters. The average molecular weight is 891 g/mol. The van der Waals surface area contributed by atoms with Crippen molar-refractivity contribution in [1.82, 2.24) is 9.97 Å². The number of carboxylic acids is 1. The Kier molecular flexibility index (Phi) is 12.7. The van der Waals surface area contributed by atoms with E-state index in [9.17, 15) is 14.7 Å². The Morgan fingerprint density at radius 2 is 1.12 bits per heavy atom. The minimum Gasteiger partial charge on any atom is -0.493 e. The summed E-state index contributed by atoms with van der Waals surface area (Å²) in [6.07, 6.45) is 10.1. The second kappa shape index (κ2) is 18.4. The number of pyridine rings is 2. The summed E-state index contributed by atoms with van der Waals surface area (Å²) >= 11 is 0. The van der Waals surface area contributed by atoms with E-state index in [0.29, 0.717) is 24.0 Å². The van der Waals surface area contributed by atoms with Gasteiger partial charge >= 0.3 is 11.9 Å². The van der Waals surface area contributed by atoms with E-state index in [1.54, 1.807) is 6.20 Å². The molecule has 344 valence electrons. The van der Waals surface area contributed by atoms with Gasteiger partial charge in [0.25, 0.3) is 0 Å². The normalized spacial score (nSPS) is 16.8. The number of nitrogens with zero attached hydrogens (tertiary/aromatic N) is 2. The lowest BCUT2D eigenvalue weighted by molar-refractivity contribution is -0.166. The fourth-order valence-corrected chi connectivity index (χ4v) is 9.58. The molecule has 0 spiro atoms. The van der Waals surface area contributed by atoms with Crippen molar-refractivity contribution >= 4 is 33.7 Å².